The minimum atomic E-state index is -0.774. The summed E-state index contributed by atoms with van der Waals surface area (Å²) in [5.74, 6) is -0.768. The summed E-state index contributed by atoms with van der Waals surface area (Å²) in [6, 6.07) is 0. The van der Waals surface area contributed by atoms with E-state index in [1.807, 2.05) is 19.9 Å². The maximum absolute atomic E-state index is 11.8. The predicted octanol–water partition coefficient (Wildman–Crippen LogP) is 2.98. The first kappa shape index (κ1) is 24.1. The SMILES string of the molecule is CC(C)=CCC(O)/C=C(/C)C(O)=C1C(=O)C=C[C-]=C1C=O.[CH3-].[U+2]. The number of hydrogen-bond acceptors (Lipinski definition) is 4. The van der Waals surface area contributed by atoms with Crippen molar-refractivity contribution in [2.24, 2.45) is 0 Å². The van der Waals surface area contributed by atoms with Crippen molar-refractivity contribution in [3.05, 3.63) is 65.9 Å². The van der Waals surface area contributed by atoms with Crippen LogP contribution >= 0.6 is 0 Å². The van der Waals surface area contributed by atoms with Crippen LogP contribution in [-0.4, -0.2) is 28.4 Å². The molecule has 1 atom stereocenters. The molecule has 0 saturated carbocycles. The maximum atomic E-state index is 11.8. The molecule has 0 aliphatic heterocycles. The Kier molecular flexibility index (Phi) is 11.9. The molecule has 4 nitrogen and oxygen atoms in total. The van der Waals surface area contributed by atoms with Gasteiger partial charge in [0.05, 0.1) is 18.1 Å². The molecule has 1 unspecified atom stereocenters. The molecule has 0 aromatic rings. The molecule has 0 radical (unpaired) electrons. The smallest absolute Gasteiger partial charge is 0.517 e. The normalized spacial score (nSPS) is 17.3. The number of rotatable bonds is 5. The van der Waals surface area contributed by atoms with Crippen molar-refractivity contribution in [1.82, 2.24) is 0 Å². The Balaban J connectivity index is 0. The van der Waals surface area contributed by atoms with Gasteiger partial charge < -0.3 is 27.2 Å². The third kappa shape index (κ3) is 7.30. The third-order valence-corrected chi connectivity index (χ3v) is 2.93. The minimum absolute atomic E-state index is 0. The predicted molar refractivity (Wildman–Crippen MR) is 86.8 cm³/mol. The molecule has 5 heteroatoms. The van der Waals surface area contributed by atoms with Gasteiger partial charge in [0.25, 0.3) is 0 Å². The van der Waals surface area contributed by atoms with E-state index in [1.54, 1.807) is 6.92 Å². The van der Waals surface area contributed by atoms with Gasteiger partial charge >= 0.3 is 31.1 Å². The van der Waals surface area contributed by atoms with Gasteiger partial charge in [-0.15, -0.1) is 12.2 Å². The molecule has 122 valence electrons. The molecule has 0 bridgehead atoms. The Morgan fingerprint density at radius 1 is 1.35 bits per heavy atom. The number of aliphatic hydroxyl groups excluding tert-OH is 2. The van der Waals surface area contributed by atoms with Crippen molar-refractivity contribution in [1.29, 1.82) is 0 Å². The topological polar surface area (TPSA) is 74.6 Å². The molecule has 0 saturated heterocycles. The van der Waals surface area contributed by atoms with E-state index in [2.05, 4.69) is 6.08 Å². The van der Waals surface area contributed by atoms with Crippen molar-refractivity contribution >= 4 is 12.1 Å². The first-order valence-corrected chi connectivity index (χ1v) is 6.60. The molecule has 1 aliphatic carbocycles. The fraction of sp³-hybridized carbons (Fsp3) is 0.278. The number of hydrogen-bond donors (Lipinski definition) is 2. The van der Waals surface area contributed by atoms with Crippen LogP contribution in [0.3, 0.4) is 0 Å². The van der Waals surface area contributed by atoms with E-state index in [-0.39, 0.29) is 55.4 Å². The van der Waals surface area contributed by atoms with E-state index in [4.69, 9.17) is 0 Å². The molecule has 0 heterocycles. The Labute approximate surface area is 161 Å². The van der Waals surface area contributed by atoms with E-state index >= 15 is 0 Å². The largest absolute Gasteiger partial charge is 2.00 e. The summed E-state index contributed by atoms with van der Waals surface area (Å²) in [6.07, 6.45) is 8.62. The summed E-state index contributed by atoms with van der Waals surface area (Å²) in [6.45, 7) is 5.42. The van der Waals surface area contributed by atoms with Crippen LogP contribution in [0.5, 0.6) is 0 Å². The van der Waals surface area contributed by atoms with Crippen LogP contribution in [0.2, 0.25) is 0 Å². The second-order valence-corrected chi connectivity index (χ2v) is 5.03. The number of carbonyl (C=O) groups is 2. The van der Waals surface area contributed by atoms with Crippen molar-refractivity contribution < 1.29 is 50.9 Å². The van der Waals surface area contributed by atoms with E-state index in [9.17, 15) is 19.8 Å². The fourth-order valence-electron chi connectivity index (χ4n) is 1.82. The van der Waals surface area contributed by atoms with Crippen LogP contribution in [0.25, 0.3) is 0 Å². The quantitative estimate of drug-likeness (QED) is 0.185. The van der Waals surface area contributed by atoms with Crippen LogP contribution in [-0.2, 0) is 9.59 Å². The molecule has 23 heavy (non-hydrogen) atoms. The number of ketones is 1. The molecule has 0 aromatic carbocycles. The van der Waals surface area contributed by atoms with Crippen molar-refractivity contribution in [3.63, 3.8) is 0 Å². The third-order valence-electron chi connectivity index (χ3n) is 2.93. The summed E-state index contributed by atoms with van der Waals surface area (Å²) in [7, 11) is 0. The van der Waals surface area contributed by atoms with Gasteiger partial charge in [0.2, 0.25) is 0 Å². The van der Waals surface area contributed by atoms with Crippen LogP contribution in [0.4, 0.5) is 0 Å². The van der Waals surface area contributed by atoms with Gasteiger partial charge in [-0.1, -0.05) is 29.4 Å². The van der Waals surface area contributed by atoms with Crippen LogP contribution in [0.1, 0.15) is 27.2 Å². The molecule has 0 amide bonds. The molecule has 1 aliphatic rings. The van der Waals surface area contributed by atoms with E-state index in [1.165, 1.54) is 18.2 Å². The Hall–Kier alpha value is -1.15. The molecule has 1 rings (SSSR count). The van der Waals surface area contributed by atoms with Crippen molar-refractivity contribution in [2.75, 3.05) is 0 Å². The van der Waals surface area contributed by atoms with Crippen LogP contribution < -0.4 is 0 Å². The zero-order valence-electron chi connectivity index (χ0n) is 13.9. The number of aliphatic hydroxyl groups is 2. The van der Waals surface area contributed by atoms with Gasteiger partial charge in [-0.2, -0.15) is 0 Å². The summed E-state index contributed by atoms with van der Waals surface area (Å²) < 4.78 is 0. The average Bonchev–Trinajstić information content (AvgIpc) is 2.43. The standard InChI is InChI=1S/C17H19O4.CH3.U/c1-11(2)7-8-14(19)9-12(3)17(21)16-13(10-18)5-4-6-15(16)20;;/h4,6-7,9-10,14,19,21H,8H2,1-3H3;1H3;/q2*-1;+2/b12-9-,17-16?;;. The van der Waals surface area contributed by atoms with E-state index < -0.39 is 11.9 Å². The molecule has 0 fully saturated rings. The maximum Gasteiger partial charge on any atom is 2.00 e. The van der Waals surface area contributed by atoms with Gasteiger partial charge in [0.15, 0.2) is 0 Å². The van der Waals surface area contributed by atoms with Gasteiger partial charge in [-0.3, -0.25) is 0 Å². The molecule has 2 N–H and O–H groups in total. The summed E-state index contributed by atoms with van der Waals surface area (Å²) in [5, 5.41) is 20.0. The molecule has 0 aromatic heterocycles. The molecule has 0 spiro atoms. The Morgan fingerprint density at radius 3 is 2.48 bits per heavy atom. The summed E-state index contributed by atoms with van der Waals surface area (Å²) in [5.41, 5.74) is 1.34. The minimum Gasteiger partial charge on any atom is -0.517 e. The monoisotopic (exact) mass is 540 g/mol. The Bertz CT molecular complexity index is 588. The van der Waals surface area contributed by atoms with Crippen LogP contribution in [0.15, 0.2) is 52.4 Å². The van der Waals surface area contributed by atoms with Crippen molar-refractivity contribution in [2.45, 2.75) is 33.3 Å². The summed E-state index contributed by atoms with van der Waals surface area (Å²) >= 11 is 0. The van der Waals surface area contributed by atoms with Crippen molar-refractivity contribution in [3.8, 4) is 0 Å². The summed E-state index contributed by atoms with van der Waals surface area (Å²) in [4.78, 5) is 22.7. The first-order chi connectivity index (χ1) is 9.86. The average molecular weight is 540 g/mol. The number of carbonyl (C=O) groups excluding carboxylic acids is 2. The van der Waals surface area contributed by atoms with Gasteiger partial charge in [-0.25, -0.2) is 0 Å². The number of aldehydes is 1. The number of allylic oxidation sites excluding steroid dienone is 7. The Morgan fingerprint density at radius 2 is 1.96 bits per heavy atom. The second kappa shape index (κ2) is 11.4. The zero-order chi connectivity index (χ0) is 16.0. The molecular formula is C18H22O4U. The first-order valence-electron chi connectivity index (χ1n) is 6.60. The van der Waals surface area contributed by atoms with E-state index in [0.29, 0.717) is 18.3 Å². The van der Waals surface area contributed by atoms with Gasteiger partial charge in [0, 0.05) is 0 Å². The fourth-order valence-corrected chi connectivity index (χ4v) is 1.82. The van der Waals surface area contributed by atoms with Gasteiger partial charge in [0.1, 0.15) is 5.78 Å². The zero-order valence-corrected chi connectivity index (χ0v) is 18.0. The van der Waals surface area contributed by atoms with Gasteiger partial charge in [-0.05, 0) is 38.3 Å². The molecular weight excluding hydrogens is 518 g/mol. The second-order valence-electron chi connectivity index (χ2n) is 5.03. The van der Waals surface area contributed by atoms with E-state index in [0.717, 1.165) is 5.57 Å². The van der Waals surface area contributed by atoms with Crippen LogP contribution in [0, 0.1) is 44.6 Å².